The zero-order chi connectivity index (χ0) is 12.5. The van der Waals surface area contributed by atoms with Crippen molar-refractivity contribution in [2.24, 2.45) is 9.98 Å². The van der Waals surface area contributed by atoms with Gasteiger partial charge in [-0.25, -0.2) is 9.98 Å². The molecule has 0 N–H and O–H groups in total. The number of nitrogens with zero attached hydrogens (tertiary/aromatic N) is 2. The molecule has 4 heteroatoms. The second-order valence-electron chi connectivity index (χ2n) is 3.84. The van der Waals surface area contributed by atoms with Crippen LogP contribution in [0.25, 0.3) is 10.3 Å². The molecule has 0 fully saturated rings. The Morgan fingerprint density at radius 3 is 1.44 bits per heavy atom. The van der Waals surface area contributed by atoms with E-state index in [4.69, 9.17) is 23.2 Å². The largest absolute Gasteiger partial charge is 0.235 e. The first-order chi connectivity index (χ1) is 8.75. The molecule has 0 amide bonds. The van der Waals surface area contributed by atoms with Crippen LogP contribution in [0.1, 0.15) is 0 Å². The standard InChI is InChI=1S/C14H8Cl2N2/c15-13-9-5-1-3-7-11(9)17-14(16)10-6-2-4-8-12(10)18-13/h1-8H/b13-9-,14-10-,17-11-,17-14?,18-12-,18-13?. The Morgan fingerprint density at radius 1 is 0.611 bits per heavy atom. The van der Waals surface area contributed by atoms with Gasteiger partial charge < -0.3 is 0 Å². The van der Waals surface area contributed by atoms with Gasteiger partial charge in [-0.3, -0.25) is 0 Å². The van der Waals surface area contributed by atoms with Crippen LogP contribution in [0.3, 0.4) is 0 Å². The normalized spacial score (nSPS) is 23.4. The molecule has 2 aromatic carbocycles. The molecule has 2 nitrogen and oxygen atoms in total. The quantitative estimate of drug-likeness (QED) is 0.646. The number of rotatable bonds is 0. The maximum Gasteiger partial charge on any atom is 0.139 e. The van der Waals surface area contributed by atoms with Gasteiger partial charge in [0, 0.05) is 10.4 Å². The van der Waals surface area contributed by atoms with Crippen LogP contribution in [0.2, 0.25) is 0 Å². The lowest BCUT2D eigenvalue weighted by atomic mass is 10.2. The summed E-state index contributed by atoms with van der Waals surface area (Å²) < 4.78 is 0. The highest BCUT2D eigenvalue weighted by atomic mass is 35.5. The van der Waals surface area contributed by atoms with E-state index in [1.54, 1.807) is 0 Å². The average molecular weight is 275 g/mol. The molecular weight excluding hydrogens is 267 g/mol. The minimum Gasteiger partial charge on any atom is -0.235 e. The SMILES string of the molecule is ClC1=c2\cccc\c2=N\C(Cl)=c2\cccc\c2=N\1. The Bertz CT molecular complexity index is 780. The topological polar surface area (TPSA) is 24.7 Å². The van der Waals surface area contributed by atoms with Gasteiger partial charge in [0.05, 0.1) is 10.7 Å². The van der Waals surface area contributed by atoms with E-state index in [1.165, 1.54) is 0 Å². The van der Waals surface area contributed by atoms with Crippen molar-refractivity contribution in [2.75, 3.05) is 0 Å². The molecule has 1 aliphatic heterocycles. The fourth-order valence-corrected chi connectivity index (χ4v) is 2.32. The van der Waals surface area contributed by atoms with Crippen LogP contribution in [0.15, 0.2) is 58.5 Å². The summed E-state index contributed by atoms with van der Waals surface area (Å²) in [6.07, 6.45) is 0. The number of hydrogen-bond acceptors (Lipinski definition) is 2. The Hall–Kier alpha value is -1.64. The Kier molecular flexibility index (Phi) is 2.90. The van der Waals surface area contributed by atoms with Gasteiger partial charge in [0.2, 0.25) is 0 Å². The maximum atomic E-state index is 6.24. The van der Waals surface area contributed by atoms with Crippen LogP contribution >= 0.6 is 23.2 Å². The Labute approximate surface area is 113 Å². The molecule has 1 aliphatic rings. The second-order valence-corrected chi connectivity index (χ2v) is 4.56. The van der Waals surface area contributed by atoms with Crippen molar-refractivity contribution in [3.63, 3.8) is 0 Å². The van der Waals surface area contributed by atoms with Gasteiger partial charge in [-0.1, -0.05) is 47.5 Å². The molecule has 88 valence electrons. The average Bonchev–Trinajstić information content (AvgIpc) is 2.38. The number of benzene rings is 2. The molecule has 0 saturated heterocycles. The lowest BCUT2D eigenvalue weighted by Gasteiger charge is -1.99. The molecule has 0 spiro atoms. The molecule has 18 heavy (non-hydrogen) atoms. The van der Waals surface area contributed by atoms with Crippen LogP contribution in [0.5, 0.6) is 0 Å². The highest BCUT2D eigenvalue weighted by Crippen LogP contribution is 2.03. The summed E-state index contributed by atoms with van der Waals surface area (Å²) in [7, 11) is 0. The summed E-state index contributed by atoms with van der Waals surface area (Å²) in [5, 5.41) is 3.87. The van der Waals surface area contributed by atoms with Crippen LogP contribution in [0.4, 0.5) is 0 Å². The van der Waals surface area contributed by atoms with E-state index in [0.29, 0.717) is 10.3 Å². The summed E-state index contributed by atoms with van der Waals surface area (Å²) >= 11 is 12.5. The fraction of sp³-hybridized carbons (Fsp3) is 0. The van der Waals surface area contributed by atoms with Gasteiger partial charge in [0.1, 0.15) is 10.3 Å². The van der Waals surface area contributed by atoms with Crippen molar-refractivity contribution < 1.29 is 0 Å². The highest BCUT2D eigenvalue weighted by molar-refractivity contribution is 6.45. The third-order valence-electron chi connectivity index (χ3n) is 2.69. The van der Waals surface area contributed by atoms with Gasteiger partial charge in [0.25, 0.3) is 0 Å². The van der Waals surface area contributed by atoms with E-state index in [1.807, 2.05) is 48.5 Å². The third-order valence-corrected chi connectivity index (χ3v) is 3.27. The van der Waals surface area contributed by atoms with E-state index < -0.39 is 0 Å². The molecule has 0 aromatic heterocycles. The minimum atomic E-state index is 0.422. The number of hydrogen-bond donors (Lipinski definition) is 0. The Balaban J connectivity index is 2.58. The zero-order valence-corrected chi connectivity index (χ0v) is 10.8. The van der Waals surface area contributed by atoms with Crippen LogP contribution in [0, 0.1) is 0 Å². The lowest BCUT2D eigenvalue weighted by Crippen LogP contribution is -2.32. The van der Waals surface area contributed by atoms with Crippen molar-refractivity contribution in [3.05, 3.63) is 69.7 Å². The van der Waals surface area contributed by atoms with Gasteiger partial charge in [-0.15, -0.1) is 0 Å². The molecule has 0 bridgehead atoms. The monoisotopic (exact) mass is 274 g/mol. The number of fused-ring (bicyclic) bond motifs is 2. The smallest absolute Gasteiger partial charge is 0.139 e. The van der Waals surface area contributed by atoms with Crippen molar-refractivity contribution in [1.82, 2.24) is 0 Å². The van der Waals surface area contributed by atoms with Crippen LogP contribution in [-0.2, 0) is 0 Å². The molecular formula is C14H8Cl2N2. The molecule has 0 saturated carbocycles. The van der Waals surface area contributed by atoms with Crippen molar-refractivity contribution in [3.8, 4) is 0 Å². The number of para-hydroxylation sites is 2. The van der Waals surface area contributed by atoms with Crippen molar-refractivity contribution >= 4 is 33.5 Å². The van der Waals surface area contributed by atoms with Crippen LogP contribution in [-0.4, -0.2) is 0 Å². The highest BCUT2D eigenvalue weighted by Gasteiger charge is 2.01. The minimum absolute atomic E-state index is 0.422. The van der Waals surface area contributed by atoms with Gasteiger partial charge in [-0.05, 0) is 24.3 Å². The maximum absolute atomic E-state index is 6.24. The Morgan fingerprint density at radius 2 is 1.00 bits per heavy atom. The summed E-state index contributed by atoms with van der Waals surface area (Å²) in [6, 6.07) is 15.1. The first-order valence-electron chi connectivity index (χ1n) is 5.43. The summed E-state index contributed by atoms with van der Waals surface area (Å²) in [4.78, 5) is 8.82. The van der Waals surface area contributed by atoms with Crippen molar-refractivity contribution in [2.45, 2.75) is 0 Å². The molecule has 2 aromatic rings. The van der Waals surface area contributed by atoms with Gasteiger partial charge >= 0.3 is 0 Å². The van der Waals surface area contributed by atoms with Gasteiger partial charge in [-0.2, -0.15) is 0 Å². The molecule has 0 atom stereocenters. The first-order valence-corrected chi connectivity index (χ1v) is 6.18. The van der Waals surface area contributed by atoms with E-state index in [-0.39, 0.29) is 0 Å². The molecule has 1 heterocycles. The number of halogens is 2. The first kappa shape index (κ1) is 11.5. The van der Waals surface area contributed by atoms with Gasteiger partial charge in [0.15, 0.2) is 0 Å². The molecule has 0 unspecified atom stereocenters. The molecule has 0 radical (unpaired) electrons. The summed E-state index contributed by atoms with van der Waals surface area (Å²) in [5.41, 5.74) is 0. The van der Waals surface area contributed by atoms with E-state index in [0.717, 1.165) is 21.2 Å². The third kappa shape index (κ3) is 1.94. The zero-order valence-electron chi connectivity index (χ0n) is 9.27. The fourth-order valence-electron chi connectivity index (χ4n) is 1.82. The lowest BCUT2D eigenvalue weighted by molar-refractivity contribution is 1.25. The van der Waals surface area contributed by atoms with E-state index in [2.05, 4.69) is 9.98 Å². The molecule has 3 rings (SSSR count). The second kappa shape index (κ2) is 4.56. The van der Waals surface area contributed by atoms with Crippen molar-refractivity contribution in [1.29, 1.82) is 0 Å². The summed E-state index contributed by atoms with van der Waals surface area (Å²) in [5.74, 6) is 0. The predicted octanol–water partition coefficient (Wildman–Crippen LogP) is 1.25. The van der Waals surface area contributed by atoms with Crippen LogP contribution < -0.4 is 21.2 Å². The predicted molar refractivity (Wildman–Crippen MR) is 73.0 cm³/mol. The molecule has 0 aliphatic carbocycles. The van der Waals surface area contributed by atoms with E-state index >= 15 is 0 Å². The summed E-state index contributed by atoms with van der Waals surface area (Å²) in [6.45, 7) is 0. The van der Waals surface area contributed by atoms with E-state index in [9.17, 15) is 0 Å².